The summed E-state index contributed by atoms with van der Waals surface area (Å²) < 4.78 is 0. The molecule has 1 fully saturated rings. The molecule has 0 spiro atoms. The third kappa shape index (κ3) is 2.36. The fourth-order valence-corrected chi connectivity index (χ4v) is 2.19. The lowest BCUT2D eigenvalue weighted by Crippen LogP contribution is -2.52. The normalized spacial score (nSPS) is 19.8. The minimum Gasteiger partial charge on any atom is -0.394 e. The van der Waals surface area contributed by atoms with Gasteiger partial charge in [0.25, 0.3) is 0 Å². The lowest BCUT2D eigenvalue weighted by molar-refractivity contribution is 0.170. The molecule has 0 atom stereocenters. The molecule has 1 saturated heterocycles. The van der Waals surface area contributed by atoms with Crippen LogP contribution in [0.2, 0.25) is 0 Å². The number of aliphatic hydroxyl groups is 1. The monoisotopic (exact) mass is 220 g/mol. The van der Waals surface area contributed by atoms with E-state index in [9.17, 15) is 5.11 Å². The summed E-state index contributed by atoms with van der Waals surface area (Å²) >= 11 is 0. The van der Waals surface area contributed by atoms with Crippen LogP contribution in [0.1, 0.15) is 18.4 Å². The Morgan fingerprint density at radius 2 is 2.06 bits per heavy atom. The van der Waals surface area contributed by atoms with Crippen LogP contribution in [0.15, 0.2) is 24.3 Å². The van der Waals surface area contributed by atoms with Gasteiger partial charge < -0.3 is 15.7 Å². The Morgan fingerprint density at radius 3 is 2.62 bits per heavy atom. The molecule has 1 heterocycles. The van der Waals surface area contributed by atoms with E-state index < -0.39 is 0 Å². The lowest BCUT2D eigenvalue weighted by atomic mass is 9.89. The van der Waals surface area contributed by atoms with E-state index in [0.717, 1.165) is 25.9 Å². The van der Waals surface area contributed by atoms with Crippen molar-refractivity contribution in [3.8, 4) is 0 Å². The number of aliphatic hydroxyl groups excluding tert-OH is 1. The number of hydrogen-bond donors (Lipinski definition) is 2. The summed E-state index contributed by atoms with van der Waals surface area (Å²) in [7, 11) is 0. The molecular weight excluding hydrogens is 200 g/mol. The summed E-state index contributed by atoms with van der Waals surface area (Å²) in [4.78, 5) is 2.34. The smallest absolute Gasteiger partial charge is 0.0612 e. The SMILES string of the molecule is Cc1cccc(N2CCC(N)(CO)CC2)c1. The second-order valence-corrected chi connectivity index (χ2v) is 4.85. The first-order valence-electron chi connectivity index (χ1n) is 5.84. The molecule has 16 heavy (non-hydrogen) atoms. The lowest BCUT2D eigenvalue weighted by Gasteiger charge is -2.39. The van der Waals surface area contributed by atoms with Crippen molar-refractivity contribution in [2.24, 2.45) is 5.73 Å². The molecule has 1 aliphatic heterocycles. The Hall–Kier alpha value is -1.06. The average molecular weight is 220 g/mol. The molecule has 88 valence electrons. The molecule has 3 nitrogen and oxygen atoms in total. The average Bonchev–Trinajstić information content (AvgIpc) is 2.30. The van der Waals surface area contributed by atoms with Crippen molar-refractivity contribution in [1.82, 2.24) is 0 Å². The molecule has 0 amide bonds. The quantitative estimate of drug-likeness (QED) is 0.789. The first-order chi connectivity index (χ1) is 7.63. The highest BCUT2D eigenvalue weighted by Gasteiger charge is 2.29. The Labute approximate surface area is 96.9 Å². The third-order valence-corrected chi connectivity index (χ3v) is 3.44. The minimum absolute atomic E-state index is 0.0919. The summed E-state index contributed by atoms with van der Waals surface area (Å²) in [6.07, 6.45) is 1.72. The van der Waals surface area contributed by atoms with Crippen LogP contribution in [-0.4, -0.2) is 30.3 Å². The Balaban J connectivity index is 2.04. The first kappa shape index (κ1) is 11.4. The van der Waals surface area contributed by atoms with Crippen LogP contribution in [0.3, 0.4) is 0 Å². The predicted octanol–water partition coefficient (Wildman–Crippen LogP) is 1.29. The van der Waals surface area contributed by atoms with Gasteiger partial charge in [0.05, 0.1) is 6.61 Å². The first-order valence-corrected chi connectivity index (χ1v) is 5.84. The largest absolute Gasteiger partial charge is 0.394 e. The maximum Gasteiger partial charge on any atom is 0.0612 e. The van der Waals surface area contributed by atoms with E-state index in [0.29, 0.717) is 0 Å². The van der Waals surface area contributed by atoms with E-state index in [-0.39, 0.29) is 12.1 Å². The fourth-order valence-electron chi connectivity index (χ4n) is 2.19. The van der Waals surface area contributed by atoms with E-state index in [1.54, 1.807) is 0 Å². The van der Waals surface area contributed by atoms with E-state index >= 15 is 0 Å². The maximum absolute atomic E-state index is 9.21. The number of benzene rings is 1. The molecular formula is C13H20N2O. The Kier molecular flexibility index (Phi) is 3.17. The molecule has 2 rings (SSSR count). The summed E-state index contributed by atoms with van der Waals surface area (Å²) in [6, 6.07) is 8.52. The highest BCUT2D eigenvalue weighted by molar-refractivity contribution is 5.48. The van der Waals surface area contributed by atoms with Crippen LogP contribution in [0.4, 0.5) is 5.69 Å². The molecule has 1 aliphatic rings. The van der Waals surface area contributed by atoms with Crippen molar-refractivity contribution >= 4 is 5.69 Å². The van der Waals surface area contributed by atoms with E-state index in [1.807, 2.05) is 0 Å². The molecule has 0 unspecified atom stereocenters. The third-order valence-electron chi connectivity index (χ3n) is 3.44. The molecule has 1 aromatic rings. The van der Waals surface area contributed by atoms with Gasteiger partial charge in [0, 0.05) is 24.3 Å². The van der Waals surface area contributed by atoms with E-state index in [4.69, 9.17) is 5.73 Å². The number of anilines is 1. The summed E-state index contributed by atoms with van der Waals surface area (Å²) in [5, 5.41) is 9.21. The highest BCUT2D eigenvalue weighted by atomic mass is 16.3. The summed E-state index contributed by atoms with van der Waals surface area (Å²) in [5.74, 6) is 0. The molecule has 0 bridgehead atoms. The number of hydrogen-bond acceptors (Lipinski definition) is 3. The van der Waals surface area contributed by atoms with Gasteiger partial charge in [0.15, 0.2) is 0 Å². The number of piperidine rings is 1. The molecule has 0 saturated carbocycles. The van der Waals surface area contributed by atoms with Crippen molar-refractivity contribution in [2.45, 2.75) is 25.3 Å². The topological polar surface area (TPSA) is 49.5 Å². The van der Waals surface area contributed by atoms with Gasteiger partial charge in [-0.25, -0.2) is 0 Å². The zero-order chi connectivity index (χ0) is 11.6. The standard InChI is InChI=1S/C13H20N2O/c1-11-3-2-4-12(9-11)15-7-5-13(14,10-16)6-8-15/h2-4,9,16H,5-8,10,14H2,1H3. The van der Waals surface area contributed by atoms with Crippen molar-refractivity contribution in [2.75, 3.05) is 24.6 Å². The van der Waals surface area contributed by atoms with Gasteiger partial charge in [-0.05, 0) is 37.5 Å². The van der Waals surface area contributed by atoms with Crippen LogP contribution in [0.25, 0.3) is 0 Å². The second-order valence-electron chi connectivity index (χ2n) is 4.85. The highest BCUT2D eigenvalue weighted by Crippen LogP contribution is 2.24. The van der Waals surface area contributed by atoms with Crippen molar-refractivity contribution in [3.63, 3.8) is 0 Å². The van der Waals surface area contributed by atoms with Gasteiger partial charge in [-0.15, -0.1) is 0 Å². The molecule has 3 heteroatoms. The van der Waals surface area contributed by atoms with Gasteiger partial charge >= 0.3 is 0 Å². The van der Waals surface area contributed by atoms with Crippen molar-refractivity contribution in [3.05, 3.63) is 29.8 Å². The van der Waals surface area contributed by atoms with Gasteiger partial charge in [0.1, 0.15) is 0 Å². The molecule has 0 radical (unpaired) electrons. The van der Waals surface area contributed by atoms with Crippen LogP contribution >= 0.6 is 0 Å². The summed E-state index contributed by atoms with van der Waals surface area (Å²) in [6.45, 7) is 4.06. The molecule has 1 aromatic carbocycles. The maximum atomic E-state index is 9.21. The second kappa shape index (κ2) is 4.44. The fraction of sp³-hybridized carbons (Fsp3) is 0.538. The number of nitrogens with two attached hydrogens (primary N) is 1. The Bertz CT molecular complexity index is 357. The number of rotatable bonds is 2. The molecule has 3 N–H and O–H groups in total. The van der Waals surface area contributed by atoms with E-state index in [2.05, 4.69) is 36.1 Å². The Morgan fingerprint density at radius 1 is 1.38 bits per heavy atom. The van der Waals surface area contributed by atoms with Crippen LogP contribution in [0.5, 0.6) is 0 Å². The van der Waals surface area contributed by atoms with Crippen LogP contribution in [-0.2, 0) is 0 Å². The number of nitrogens with zero attached hydrogens (tertiary/aromatic N) is 1. The van der Waals surface area contributed by atoms with Crippen molar-refractivity contribution in [1.29, 1.82) is 0 Å². The summed E-state index contributed by atoms with van der Waals surface area (Å²) in [5.41, 5.74) is 8.24. The van der Waals surface area contributed by atoms with Gasteiger partial charge in [0.2, 0.25) is 0 Å². The van der Waals surface area contributed by atoms with Gasteiger partial charge in [-0.1, -0.05) is 12.1 Å². The zero-order valence-corrected chi connectivity index (χ0v) is 9.82. The van der Waals surface area contributed by atoms with E-state index in [1.165, 1.54) is 11.3 Å². The zero-order valence-electron chi connectivity index (χ0n) is 9.82. The predicted molar refractivity (Wildman–Crippen MR) is 66.6 cm³/mol. The van der Waals surface area contributed by atoms with Gasteiger partial charge in [-0.3, -0.25) is 0 Å². The molecule has 0 aliphatic carbocycles. The minimum atomic E-state index is -0.361. The van der Waals surface area contributed by atoms with Crippen LogP contribution < -0.4 is 10.6 Å². The van der Waals surface area contributed by atoms with Gasteiger partial charge in [-0.2, -0.15) is 0 Å². The number of aryl methyl sites for hydroxylation is 1. The van der Waals surface area contributed by atoms with Crippen LogP contribution in [0, 0.1) is 6.92 Å². The molecule has 0 aromatic heterocycles. The van der Waals surface area contributed by atoms with Crippen molar-refractivity contribution < 1.29 is 5.11 Å².